The summed E-state index contributed by atoms with van der Waals surface area (Å²) in [5, 5.41) is 5.82. The van der Waals surface area contributed by atoms with Gasteiger partial charge >= 0.3 is 0 Å². The highest BCUT2D eigenvalue weighted by molar-refractivity contribution is 7.13. The quantitative estimate of drug-likeness (QED) is 0.853. The Hall–Kier alpha value is -0.940. The van der Waals surface area contributed by atoms with Crippen molar-refractivity contribution in [3.05, 3.63) is 11.6 Å². The lowest BCUT2D eigenvalue weighted by Crippen LogP contribution is -2.47. The molecule has 2 heterocycles. The van der Waals surface area contributed by atoms with Crippen LogP contribution in [0, 0.1) is 0 Å². The molecule has 0 radical (unpaired) electrons. The second-order valence-corrected chi connectivity index (χ2v) is 5.02. The number of amides is 1. The van der Waals surface area contributed by atoms with Crippen LogP contribution in [0.1, 0.15) is 26.2 Å². The van der Waals surface area contributed by atoms with Crippen molar-refractivity contribution in [3.8, 4) is 0 Å². The minimum absolute atomic E-state index is 0.0613. The lowest BCUT2D eigenvalue weighted by atomic mass is 10.1. The van der Waals surface area contributed by atoms with Crippen LogP contribution in [0.5, 0.6) is 0 Å². The van der Waals surface area contributed by atoms with Gasteiger partial charge in [0.25, 0.3) is 0 Å². The number of thiazole rings is 1. The molecule has 4 nitrogen and oxygen atoms in total. The van der Waals surface area contributed by atoms with E-state index in [4.69, 9.17) is 0 Å². The van der Waals surface area contributed by atoms with Gasteiger partial charge < -0.3 is 5.32 Å². The van der Waals surface area contributed by atoms with E-state index in [-0.39, 0.29) is 18.0 Å². The van der Waals surface area contributed by atoms with Gasteiger partial charge in [-0.3, -0.25) is 9.69 Å². The maximum absolute atomic E-state index is 12.3. The second-order valence-electron chi connectivity index (χ2n) is 4.14. The number of hydrogen-bond acceptors (Lipinski definition) is 4. The molecular weight excluding hydrogens is 222 g/mol. The molecule has 2 atom stereocenters. The van der Waals surface area contributed by atoms with Crippen LogP contribution in [0.15, 0.2) is 11.6 Å². The highest BCUT2D eigenvalue weighted by atomic mass is 32.1. The van der Waals surface area contributed by atoms with E-state index in [0.29, 0.717) is 0 Å². The van der Waals surface area contributed by atoms with Gasteiger partial charge in [0.05, 0.1) is 6.04 Å². The summed E-state index contributed by atoms with van der Waals surface area (Å²) in [7, 11) is 1.85. The number of carbonyl (C=O) groups is 1. The van der Waals surface area contributed by atoms with Gasteiger partial charge in [0.15, 0.2) is 5.13 Å². The van der Waals surface area contributed by atoms with Gasteiger partial charge in [0.2, 0.25) is 5.91 Å². The minimum atomic E-state index is -0.0613. The molecule has 1 aliphatic heterocycles. The van der Waals surface area contributed by atoms with Crippen LogP contribution < -0.4 is 10.2 Å². The molecule has 0 saturated carbocycles. The van der Waals surface area contributed by atoms with E-state index >= 15 is 0 Å². The smallest absolute Gasteiger partial charge is 0.246 e. The van der Waals surface area contributed by atoms with Crippen LogP contribution in [0.2, 0.25) is 0 Å². The second kappa shape index (κ2) is 4.93. The number of anilines is 1. The van der Waals surface area contributed by atoms with Crippen LogP contribution in [0.25, 0.3) is 0 Å². The molecule has 1 N–H and O–H groups in total. The van der Waals surface area contributed by atoms with Crippen LogP contribution in [0.4, 0.5) is 5.13 Å². The maximum atomic E-state index is 12.3. The molecule has 0 spiro atoms. The van der Waals surface area contributed by atoms with E-state index in [9.17, 15) is 4.79 Å². The molecule has 0 bridgehead atoms. The first-order chi connectivity index (χ1) is 7.74. The summed E-state index contributed by atoms with van der Waals surface area (Å²) >= 11 is 1.52. The summed E-state index contributed by atoms with van der Waals surface area (Å²) in [4.78, 5) is 18.4. The Balaban J connectivity index is 2.27. The minimum Gasteiger partial charge on any atom is -0.309 e. The third-order valence-electron chi connectivity index (χ3n) is 3.06. The SMILES string of the molecule is CNC1CCCC(C)N(c2nccs2)C1=O. The van der Waals surface area contributed by atoms with Gasteiger partial charge in [0, 0.05) is 17.6 Å². The third-order valence-corrected chi connectivity index (χ3v) is 3.84. The summed E-state index contributed by atoms with van der Waals surface area (Å²) in [6, 6.07) is 0.186. The number of nitrogens with zero attached hydrogens (tertiary/aromatic N) is 2. The fourth-order valence-corrected chi connectivity index (χ4v) is 2.89. The molecule has 1 amide bonds. The zero-order chi connectivity index (χ0) is 11.5. The molecule has 1 saturated heterocycles. The molecule has 1 aromatic rings. The number of carbonyl (C=O) groups excluding carboxylic acids is 1. The summed E-state index contributed by atoms with van der Waals surface area (Å²) < 4.78 is 0. The Labute approximate surface area is 99.7 Å². The van der Waals surface area contributed by atoms with Crippen LogP contribution in [-0.4, -0.2) is 30.0 Å². The topological polar surface area (TPSA) is 45.2 Å². The number of hydrogen-bond donors (Lipinski definition) is 1. The van der Waals surface area contributed by atoms with Crippen molar-refractivity contribution in [1.29, 1.82) is 0 Å². The van der Waals surface area contributed by atoms with Crippen LogP contribution >= 0.6 is 11.3 Å². The van der Waals surface area contributed by atoms with Crippen molar-refractivity contribution in [2.75, 3.05) is 11.9 Å². The fourth-order valence-electron chi connectivity index (χ4n) is 2.14. The molecule has 1 aliphatic rings. The molecule has 1 fully saturated rings. The molecule has 0 aromatic carbocycles. The zero-order valence-electron chi connectivity index (χ0n) is 9.64. The van der Waals surface area contributed by atoms with Crippen LogP contribution in [0.3, 0.4) is 0 Å². The fraction of sp³-hybridized carbons (Fsp3) is 0.636. The van der Waals surface area contributed by atoms with Gasteiger partial charge in [-0.25, -0.2) is 4.98 Å². The standard InChI is InChI=1S/C11H17N3OS/c1-8-4-3-5-9(12-2)10(15)14(8)11-13-6-7-16-11/h6-9,12H,3-5H2,1-2H3. The number of rotatable bonds is 2. The molecule has 2 unspecified atom stereocenters. The van der Waals surface area contributed by atoms with Crippen molar-refractivity contribution < 1.29 is 4.79 Å². The van der Waals surface area contributed by atoms with E-state index < -0.39 is 0 Å². The van der Waals surface area contributed by atoms with E-state index in [1.165, 1.54) is 11.3 Å². The molecule has 88 valence electrons. The average molecular weight is 239 g/mol. The largest absolute Gasteiger partial charge is 0.309 e. The Kier molecular flexibility index (Phi) is 3.56. The molecular formula is C11H17N3OS. The van der Waals surface area contributed by atoms with E-state index in [1.807, 2.05) is 17.3 Å². The molecule has 16 heavy (non-hydrogen) atoms. The van der Waals surface area contributed by atoms with E-state index in [1.54, 1.807) is 6.20 Å². The third kappa shape index (κ3) is 2.10. The van der Waals surface area contributed by atoms with Gasteiger partial charge in [-0.05, 0) is 33.2 Å². The first kappa shape index (κ1) is 11.5. The summed E-state index contributed by atoms with van der Waals surface area (Å²) in [5.74, 6) is 0.155. The van der Waals surface area contributed by atoms with Gasteiger partial charge in [-0.2, -0.15) is 0 Å². The highest BCUT2D eigenvalue weighted by Crippen LogP contribution is 2.26. The lowest BCUT2D eigenvalue weighted by molar-refractivity contribution is -0.120. The van der Waals surface area contributed by atoms with E-state index in [2.05, 4.69) is 17.2 Å². The molecule has 0 aliphatic carbocycles. The van der Waals surface area contributed by atoms with Crippen molar-refractivity contribution in [3.63, 3.8) is 0 Å². The number of likely N-dealkylation sites (N-methyl/N-ethyl adjacent to an activating group) is 1. The van der Waals surface area contributed by atoms with E-state index in [0.717, 1.165) is 24.4 Å². The Morgan fingerprint density at radius 3 is 3.00 bits per heavy atom. The Bertz CT molecular complexity index is 352. The van der Waals surface area contributed by atoms with Crippen molar-refractivity contribution in [2.24, 2.45) is 0 Å². The first-order valence-electron chi connectivity index (χ1n) is 5.64. The molecule has 2 rings (SSSR count). The first-order valence-corrected chi connectivity index (χ1v) is 6.52. The highest BCUT2D eigenvalue weighted by Gasteiger charge is 2.32. The maximum Gasteiger partial charge on any atom is 0.246 e. The van der Waals surface area contributed by atoms with Gasteiger partial charge in [-0.15, -0.1) is 11.3 Å². The Morgan fingerprint density at radius 2 is 2.38 bits per heavy atom. The average Bonchev–Trinajstić information content (AvgIpc) is 2.73. The Morgan fingerprint density at radius 1 is 1.56 bits per heavy atom. The number of nitrogens with one attached hydrogen (secondary N) is 1. The molecule has 5 heteroatoms. The predicted molar refractivity (Wildman–Crippen MR) is 65.8 cm³/mol. The summed E-state index contributed by atoms with van der Waals surface area (Å²) in [5.41, 5.74) is 0. The monoisotopic (exact) mass is 239 g/mol. The predicted octanol–water partition coefficient (Wildman–Crippen LogP) is 1.64. The zero-order valence-corrected chi connectivity index (χ0v) is 10.5. The summed E-state index contributed by atoms with van der Waals surface area (Å²) in [6.07, 6.45) is 4.80. The van der Waals surface area contributed by atoms with Crippen LogP contribution in [-0.2, 0) is 4.79 Å². The number of aromatic nitrogens is 1. The van der Waals surface area contributed by atoms with Gasteiger partial charge in [0.1, 0.15) is 0 Å². The normalized spacial score (nSPS) is 26.9. The molecule has 1 aromatic heterocycles. The van der Waals surface area contributed by atoms with Crippen molar-refractivity contribution in [2.45, 2.75) is 38.3 Å². The summed E-state index contributed by atoms with van der Waals surface area (Å²) in [6.45, 7) is 2.09. The van der Waals surface area contributed by atoms with Gasteiger partial charge in [-0.1, -0.05) is 0 Å². The van der Waals surface area contributed by atoms with Crippen molar-refractivity contribution >= 4 is 22.4 Å². The lowest BCUT2D eigenvalue weighted by Gasteiger charge is -2.26. The van der Waals surface area contributed by atoms with Crippen molar-refractivity contribution in [1.82, 2.24) is 10.3 Å².